The predicted molar refractivity (Wildman–Crippen MR) is 37.7 cm³/mol. The molecule has 1 rings (SSSR count). The van der Waals surface area contributed by atoms with Gasteiger partial charge in [-0.15, -0.1) is 0 Å². The number of rotatable bonds is 2. The summed E-state index contributed by atoms with van der Waals surface area (Å²) < 4.78 is 26.7. The number of halogens is 1. The average molecular weight is 156 g/mol. The number of hydrogen-bond acceptors (Lipinski definition) is 1. The Morgan fingerprint density at radius 2 is 2.09 bits per heavy atom. The molecule has 11 heavy (non-hydrogen) atoms. The van der Waals surface area contributed by atoms with Crippen molar-refractivity contribution in [3.05, 3.63) is 35.6 Å². The third kappa shape index (κ3) is 2.37. The first-order valence-electron chi connectivity index (χ1n) is 3.94. The van der Waals surface area contributed by atoms with E-state index >= 15 is 0 Å². The summed E-state index contributed by atoms with van der Waals surface area (Å²) in [7, 11) is 0. The van der Waals surface area contributed by atoms with Crippen molar-refractivity contribution in [1.82, 2.24) is 0 Å². The minimum absolute atomic E-state index is 0.0681. The Kier molecular flexibility index (Phi) is 1.51. The fourth-order valence-corrected chi connectivity index (χ4v) is 0.657. The molecule has 0 amide bonds. The lowest BCUT2D eigenvalue weighted by Gasteiger charge is -1.94. The lowest BCUT2D eigenvalue weighted by atomic mass is 10.1. The minimum atomic E-state index is -2.46. The van der Waals surface area contributed by atoms with Gasteiger partial charge < -0.3 is 5.11 Å². The molecule has 3 heteroatoms. The Labute approximate surface area is 66.1 Å². The van der Waals surface area contributed by atoms with Crippen molar-refractivity contribution in [1.29, 1.82) is 0 Å². The van der Waals surface area contributed by atoms with Gasteiger partial charge in [0, 0.05) is 2.74 Å². The van der Waals surface area contributed by atoms with Crippen LogP contribution in [-0.2, 0) is 11.2 Å². The fourth-order valence-electron chi connectivity index (χ4n) is 0.657. The van der Waals surface area contributed by atoms with Gasteiger partial charge in [-0.05, 0) is 17.7 Å². The molecular formula is C8H7FO2. The van der Waals surface area contributed by atoms with Crippen LogP contribution < -0.4 is 0 Å². The molecule has 1 aromatic rings. The Hall–Kier alpha value is -1.38. The molecule has 1 aromatic carbocycles. The third-order valence-electron chi connectivity index (χ3n) is 1.10. The van der Waals surface area contributed by atoms with Crippen LogP contribution in [0.5, 0.6) is 0 Å². The zero-order chi connectivity index (χ0) is 10.1. The van der Waals surface area contributed by atoms with Crippen LogP contribution in [0.15, 0.2) is 24.3 Å². The molecule has 0 radical (unpaired) electrons. The van der Waals surface area contributed by atoms with Crippen molar-refractivity contribution in [3.8, 4) is 0 Å². The van der Waals surface area contributed by atoms with Crippen LogP contribution in [0.3, 0.4) is 0 Å². The quantitative estimate of drug-likeness (QED) is 0.703. The first-order chi connectivity index (χ1) is 5.94. The summed E-state index contributed by atoms with van der Waals surface area (Å²) in [5.74, 6) is -2.11. The highest BCUT2D eigenvalue weighted by molar-refractivity contribution is 5.70. The van der Waals surface area contributed by atoms with Crippen LogP contribution in [0.1, 0.15) is 8.30 Å². The smallest absolute Gasteiger partial charge is 0.307 e. The molecule has 0 fully saturated rings. The van der Waals surface area contributed by atoms with Crippen molar-refractivity contribution in [2.45, 2.75) is 6.37 Å². The van der Waals surface area contributed by atoms with Crippen LogP contribution in [0.4, 0.5) is 4.39 Å². The Bertz CT molecular complexity index is 321. The van der Waals surface area contributed by atoms with E-state index in [0.29, 0.717) is 0 Å². The number of benzene rings is 1. The lowest BCUT2D eigenvalue weighted by molar-refractivity contribution is -0.136. The Balaban J connectivity index is 3.08. The van der Waals surface area contributed by atoms with Gasteiger partial charge in [0.05, 0.1) is 6.37 Å². The number of carboxylic acid groups (broad SMARTS) is 1. The second kappa shape index (κ2) is 3.14. The SMILES string of the molecule is [2H]C([2H])(C(=O)O)c1ccc(F)cc1. The first-order valence-corrected chi connectivity index (χ1v) is 2.94. The summed E-state index contributed by atoms with van der Waals surface area (Å²) in [5.41, 5.74) is -0.0681. The fraction of sp³-hybridized carbons (Fsp3) is 0.125. The van der Waals surface area contributed by atoms with E-state index in [-0.39, 0.29) is 5.56 Å². The summed E-state index contributed by atoms with van der Waals surface area (Å²) in [6, 6.07) is 4.28. The molecule has 1 N–H and O–H groups in total. The van der Waals surface area contributed by atoms with Gasteiger partial charge in [0.1, 0.15) is 5.82 Å². The average Bonchev–Trinajstić information content (AvgIpc) is 2.04. The molecule has 0 aliphatic carbocycles. The van der Waals surface area contributed by atoms with E-state index in [2.05, 4.69) is 0 Å². The minimum Gasteiger partial charge on any atom is -0.481 e. The highest BCUT2D eigenvalue weighted by Crippen LogP contribution is 2.02. The topological polar surface area (TPSA) is 37.3 Å². The van der Waals surface area contributed by atoms with E-state index in [1.165, 1.54) is 0 Å². The largest absolute Gasteiger partial charge is 0.481 e. The summed E-state index contributed by atoms with van der Waals surface area (Å²) in [6.45, 7) is 0. The van der Waals surface area contributed by atoms with Crippen molar-refractivity contribution < 1.29 is 17.0 Å². The molecule has 0 atom stereocenters. The highest BCUT2D eigenvalue weighted by atomic mass is 19.1. The van der Waals surface area contributed by atoms with Crippen molar-refractivity contribution in [3.63, 3.8) is 0 Å². The standard InChI is InChI=1S/C8H7FO2/c9-7-3-1-6(2-4-7)5-8(10)11/h1-4H,5H2,(H,10,11)/i5D2. The van der Waals surface area contributed by atoms with Crippen LogP contribution in [-0.4, -0.2) is 11.1 Å². The van der Waals surface area contributed by atoms with Crippen LogP contribution >= 0.6 is 0 Å². The maximum absolute atomic E-state index is 12.4. The zero-order valence-corrected chi connectivity index (χ0v) is 5.54. The van der Waals surface area contributed by atoms with E-state index in [9.17, 15) is 9.18 Å². The molecule has 0 spiro atoms. The summed E-state index contributed by atoms with van der Waals surface area (Å²) in [6.07, 6.45) is -2.46. The van der Waals surface area contributed by atoms with E-state index < -0.39 is 18.2 Å². The Morgan fingerprint density at radius 1 is 1.55 bits per heavy atom. The van der Waals surface area contributed by atoms with Crippen LogP contribution in [0, 0.1) is 5.82 Å². The van der Waals surface area contributed by atoms with Crippen LogP contribution in [0.25, 0.3) is 0 Å². The van der Waals surface area contributed by atoms with Gasteiger partial charge in [0.2, 0.25) is 0 Å². The van der Waals surface area contributed by atoms with E-state index in [0.717, 1.165) is 24.3 Å². The van der Waals surface area contributed by atoms with Gasteiger partial charge in [-0.3, -0.25) is 4.79 Å². The molecule has 0 aliphatic rings. The first kappa shape index (κ1) is 5.29. The summed E-state index contributed by atoms with van der Waals surface area (Å²) in [4.78, 5) is 10.4. The monoisotopic (exact) mass is 156 g/mol. The van der Waals surface area contributed by atoms with Gasteiger partial charge in [0.15, 0.2) is 0 Å². The molecule has 0 saturated carbocycles. The summed E-state index contributed by atoms with van der Waals surface area (Å²) >= 11 is 0. The lowest BCUT2D eigenvalue weighted by Crippen LogP contribution is -1.99. The molecule has 0 saturated heterocycles. The third-order valence-corrected chi connectivity index (χ3v) is 1.10. The normalized spacial score (nSPS) is 13.5. The Morgan fingerprint density at radius 3 is 2.55 bits per heavy atom. The molecule has 0 heterocycles. The van der Waals surface area contributed by atoms with E-state index in [1.54, 1.807) is 0 Å². The molecule has 2 nitrogen and oxygen atoms in total. The van der Waals surface area contributed by atoms with Crippen molar-refractivity contribution in [2.75, 3.05) is 0 Å². The maximum atomic E-state index is 12.4. The highest BCUT2D eigenvalue weighted by Gasteiger charge is 1.98. The molecule has 0 aliphatic heterocycles. The molecule has 58 valence electrons. The van der Waals surface area contributed by atoms with Gasteiger partial charge in [0.25, 0.3) is 0 Å². The maximum Gasteiger partial charge on any atom is 0.307 e. The van der Waals surface area contributed by atoms with Gasteiger partial charge in [-0.25, -0.2) is 4.39 Å². The van der Waals surface area contributed by atoms with Crippen molar-refractivity contribution in [2.24, 2.45) is 0 Å². The second-order valence-electron chi connectivity index (χ2n) is 1.94. The molecule has 0 bridgehead atoms. The predicted octanol–water partition coefficient (Wildman–Crippen LogP) is 1.45. The number of carbonyl (C=O) groups is 1. The zero-order valence-electron chi connectivity index (χ0n) is 7.54. The molecule has 0 unspecified atom stereocenters. The summed E-state index contributed by atoms with van der Waals surface area (Å²) in [5, 5.41) is 8.50. The van der Waals surface area contributed by atoms with E-state index in [1.807, 2.05) is 0 Å². The molecule has 0 aromatic heterocycles. The number of aliphatic carboxylic acids is 1. The van der Waals surface area contributed by atoms with Gasteiger partial charge >= 0.3 is 5.97 Å². The number of carboxylic acids is 1. The second-order valence-corrected chi connectivity index (χ2v) is 1.94. The number of hydrogen-bond donors (Lipinski definition) is 1. The van der Waals surface area contributed by atoms with Gasteiger partial charge in [-0.2, -0.15) is 0 Å². The van der Waals surface area contributed by atoms with E-state index in [4.69, 9.17) is 7.85 Å². The molecular weight excluding hydrogens is 147 g/mol. The van der Waals surface area contributed by atoms with Crippen LogP contribution in [0.2, 0.25) is 0 Å². The van der Waals surface area contributed by atoms with Crippen molar-refractivity contribution >= 4 is 5.97 Å². The van der Waals surface area contributed by atoms with Gasteiger partial charge in [-0.1, -0.05) is 12.1 Å².